The Bertz CT molecular complexity index is 789. The smallest absolute Gasteiger partial charge is 0.182 e. The van der Waals surface area contributed by atoms with Gasteiger partial charge < -0.3 is 4.57 Å². The van der Waals surface area contributed by atoms with Crippen molar-refractivity contribution >= 4 is 32.6 Å². The molecule has 0 unspecified atom stereocenters. The zero-order valence-electron chi connectivity index (χ0n) is 11.1. The van der Waals surface area contributed by atoms with E-state index in [1.54, 1.807) is 0 Å². The van der Waals surface area contributed by atoms with Gasteiger partial charge in [-0.15, -0.1) is 0 Å². The van der Waals surface area contributed by atoms with Crippen molar-refractivity contribution in [2.24, 2.45) is 0 Å². The van der Waals surface area contributed by atoms with Gasteiger partial charge in [0, 0.05) is 27.1 Å². The highest BCUT2D eigenvalue weighted by atomic mass is 79.9. The number of fused-ring (bicyclic) bond motifs is 1. The van der Waals surface area contributed by atoms with Crippen LogP contribution in [0.25, 0.3) is 10.9 Å². The molecule has 0 aliphatic carbocycles. The van der Waals surface area contributed by atoms with Crippen LogP contribution in [0.1, 0.15) is 15.9 Å². The lowest BCUT2D eigenvalue weighted by molar-refractivity contribution is 0.0973. The van der Waals surface area contributed by atoms with E-state index in [1.165, 1.54) is 0 Å². The lowest BCUT2D eigenvalue weighted by Gasteiger charge is -2.06. The Balaban J connectivity index is 1.91. The molecule has 0 amide bonds. The number of nitrogens with zero attached hydrogens (tertiary/aromatic N) is 1. The van der Waals surface area contributed by atoms with Crippen LogP contribution in [0.5, 0.6) is 0 Å². The van der Waals surface area contributed by atoms with Crippen molar-refractivity contribution in [1.29, 1.82) is 0 Å². The topological polar surface area (TPSA) is 22.0 Å². The molecule has 20 heavy (non-hydrogen) atoms. The Morgan fingerprint density at radius 2 is 2.00 bits per heavy atom. The van der Waals surface area contributed by atoms with Crippen LogP contribution >= 0.6 is 15.9 Å². The second-order valence-electron chi connectivity index (χ2n) is 4.94. The van der Waals surface area contributed by atoms with Crippen molar-refractivity contribution in [2.45, 2.75) is 13.5 Å². The molecule has 0 radical (unpaired) electrons. The number of halogens is 1. The van der Waals surface area contributed by atoms with Crippen molar-refractivity contribution < 1.29 is 4.79 Å². The minimum atomic E-state index is 0.133. The van der Waals surface area contributed by atoms with E-state index in [2.05, 4.69) is 22.0 Å². The maximum atomic E-state index is 12.3. The van der Waals surface area contributed by atoms with Gasteiger partial charge in [-0.1, -0.05) is 39.7 Å². The largest absolute Gasteiger partial charge is 0.340 e. The highest BCUT2D eigenvalue weighted by molar-refractivity contribution is 9.10. The van der Waals surface area contributed by atoms with Gasteiger partial charge in [-0.3, -0.25) is 4.79 Å². The van der Waals surface area contributed by atoms with Crippen LogP contribution < -0.4 is 0 Å². The molecule has 0 fully saturated rings. The molecule has 2 aromatic carbocycles. The quantitative estimate of drug-likeness (QED) is 0.644. The van der Waals surface area contributed by atoms with E-state index in [9.17, 15) is 4.79 Å². The number of benzene rings is 2. The Kier molecular flexibility index (Phi) is 3.45. The number of aromatic nitrogens is 1. The molecule has 0 bridgehead atoms. The van der Waals surface area contributed by atoms with Gasteiger partial charge >= 0.3 is 0 Å². The van der Waals surface area contributed by atoms with E-state index in [0.717, 1.165) is 26.5 Å². The third kappa shape index (κ3) is 2.54. The van der Waals surface area contributed by atoms with Crippen LogP contribution in [0.4, 0.5) is 0 Å². The van der Waals surface area contributed by atoms with Gasteiger partial charge in [0.2, 0.25) is 0 Å². The molecule has 100 valence electrons. The molecule has 2 nitrogen and oxygen atoms in total. The molecule has 0 saturated heterocycles. The summed E-state index contributed by atoms with van der Waals surface area (Å²) in [6.45, 7) is 2.37. The summed E-state index contributed by atoms with van der Waals surface area (Å²) in [5.41, 5.74) is 2.95. The molecule has 3 rings (SSSR count). The summed E-state index contributed by atoms with van der Waals surface area (Å²) in [4.78, 5) is 12.3. The highest BCUT2D eigenvalue weighted by Gasteiger charge is 2.09. The minimum Gasteiger partial charge on any atom is -0.340 e. The standard InChI is InChI=1S/C17H14BrNO/c1-12-3-2-4-14(9-12)17(20)11-19-8-7-13-10-15(18)5-6-16(13)19/h2-10H,11H2,1H3. The molecule has 1 aromatic heterocycles. The van der Waals surface area contributed by atoms with Crippen LogP contribution in [-0.2, 0) is 6.54 Å². The lowest BCUT2D eigenvalue weighted by atomic mass is 10.1. The first-order chi connectivity index (χ1) is 9.63. The fraction of sp³-hybridized carbons (Fsp3) is 0.118. The first-order valence-corrected chi connectivity index (χ1v) is 7.27. The van der Waals surface area contributed by atoms with Crippen LogP contribution in [-0.4, -0.2) is 10.4 Å². The Morgan fingerprint density at radius 1 is 1.15 bits per heavy atom. The summed E-state index contributed by atoms with van der Waals surface area (Å²) >= 11 is 3.46. The van der Waals surface area contributed by atoms with Crippen molar-refractivity contribution in [3.8, 4) is 0 Å². The number of ketones is 1. The minimum absolute atomic E-state index is 0.133. The first-order valence-electron chi connectivity index (χ1n) is 6.48. The fourth-order valence-corrected chi connectivity index (χ4v) is 2.75. The summed E-state index contributed by atoms with van der Waals surface area (Å²) in [5, 5.41) is 1.14. The number of carbonyl (C=O) groups excluding carboxylic acids is 1. The molecule has 1 heterocycles. The molecule has 0 saturated carbocycles. The number of Topliss-reactive ketones (excluding diaryl/α,β-unsaturated/α-hetero) is 1. The third-order valence-electron chi connectivity index (χ3n) is 3.39. The Labute approximate surface area is 126 Å². The number of hydrogen-bond donors (Lipinski definition) is 0. The zero-order valence-corrected chi connectivity index (χ0v) is 12.7. The monoisotopic (exact) mass is 327 g/mol. The van der Waals surface area contributed by atoms with Gasteiger partial charge in [0.15, 0.2) is 5.78 Å². The van der Waals surface area contributed by atoms with E-state index < -0.39 is 0 Å². The maximum absolute atomic E-state index is 12.3. The summed E-state index contributed by atoms with van der Waals surface area (Å²) < 4.78 is 3.04. The number of hydrogen-bond acceptors (Lipinski definition) is 1. The van der Waals surface area contributed by atoms with Crippen molar-refractivity contribution in [1.82, 2.24) is 4.57 Å². The van der Waals surface area contributed by atoms with Gasteiger partial charge in [0.25, 0.3) is 0 Å². The molecule has 3 aromatic rings. The summed E-state index contributed by atoms with van der Waals surface area (Å²) in [5.74, 6) is 0.133. The molecule has 0 aliphatic heterocycles. The van der Waals surface area contributed by atoms with Crippen molar-refractivity contribution in [2.75, 3.05) is 0 Å². The normalized spacial score (nSPS) is 10.9. The average molecular weight is 328 g/mol. The molecular weight excluding hydrogens is 314 g/mol. The van der Waals surface area contributed by atoms with Gasteiger partial charge in [-0.2, -0.15) is 0 Å². The van der Waals surface area contributed by atoms with Gasteiger partial charge in [0.1, 0.15) is 0 Å². The Hall–Kier alpha value is -1.87. The molecule has 3 heteroatoms. The predicted molar refractivity (Wildman–Crippen MR) is 85.1 cm³/mol. The van der Waals surface area contributed by atoms with E-state index >= 15 is 0 Å². The summed E-state index contributed by atoms with van der Waals surface area (Å²) in [6, 6.07) is 15.8. The molecular formula is C17H14BrNO. The van der Waals surface area contributed by atoms with Gasteiger partial charge in [0.05, 0.1) is 6.54 Å². The van der Waals surface area contributed by atoms with Crippen LogP contribution in [0, 0.1) is 6.92 Å². The number of rotatable bonds is 3. The van der Waals surface area contributed by atoms with E-state index in [0.29, 0.717) is 6.54 Å². The van der Waals surface area contributed by atoms with E-state index in [-0.39, 0.29) is 5.78 Å². The lowest BCUT2D eigenvalue weighted by Crippen LogP contribution is -2.09. The predicted octanol–water partition coefficient (Wildman–Crippen LogP) is 4.60. The first kappa shape index (κ1) is 13.1. The van der Waals surface area contributed by atoms with Crippen molar-refractivity contribution in [3.63, 3.8) is 0 Å². The molecule has 0 aliphatic rings. The Morgan fingerprint density at radius 3 is 2.80 bits per heavy atom. The van der Waals surface area contributed by atoms with Gasteiger partial charge in [-0.25, -0.2) is 0 Å². The summed E-state index contributed by atoms with van der Waals surface area (Å²) in [6.07, 6.45) is 1.96. The highest BCUT2D eigenvalue weighted by Crippen LogP contribution is 2.21. The maximum Gasteiger partial charge on any atom is 0.182 e. The van der Waals surface area contributed by atoms with E-state index in [4.69, 9.17) is 0 Å². The molecule has 0 N–H and O–H groups in total. The second kappa shape index (κ2) is 5.25. The van der Waals surface area contributed by atoms with Gasteiger partial charge in [-0.05, 0) is 37.3 Å². The van der Waals surface area contributed by atoms with Crippen LogP contribution in [0.2, 0.25) is 0 Å². The second-order valence-corrected chi connectivity index (χ2v) is 5.86. The fourth-order valence-electron chi connectivity index (χ4n) is 2.37. The SMILES string of the molecule is Cc1cccc(C(=O)Cn2ccc3cc(Br)ccc32)c1. The zero-order chi connectivity index (χ0) is 14.1. The summed E-state index contributed by atoms with van der Waals surface area (Å²) in [7, 11) is 0. The van der Waals surface area contributed by atoms with E-state index in [1.807, 2.05) is 60.2 Å². The van der Waals surface area contributed by atoms with Crippen LogP contribution in [0.15, 0.2) is 59.2 Å². The van der Waals surface area contributed by atoms with Crippen LogP contribution in [0.3, 0.4) is 0 Å². The third-order valence-corrected chi connectivity index (χ3v) is 3.88. The molecule has 0 spiro atoms. The average Bonchev–Trinajstić information content (AvgIpc) is 2.81. The number of carbonyl (C=O) groups is 1. The molecule has 0 atom stereocenters. The number of aryl methyl sites for hydroxylation is 1. The van der Waals surface area contributed by atoms with Crippen molar-refractivity contribution in [3.05, 3.63) is 70.3 Å².